The van der Waals surface area contributed by atoms with Crippen LogP contribution in [0.15, 0.2) is 42.9 Å². The molecule has 0 saturated carbocycles. The predicted octanol–water partition coefficient (Wildman–Crippen LogP) is 6.70. The van der Waals surface area contributed by atoms with Gasteiger partial charge in [-0.15, -0.1) is 6.42 Å². The van der Waals surface area contributed by atoms with E-state index in [2.05, 4.69) is 41.1 Å². The number of nitrogens with one attached hydrogen (secondary N) is 1. The molecule has 296 valence electrons. The van der Waals surface area contributed by atoms with Gasteiger partial charge in [0.2, 0.25) is 0 Å². The summed E-state index contributed by atoms with van der Waals surface area (Å²) in [5.41, 5.74) is -2.41. The Kier molecular flexibility index (Phi) is 8.72. The third kappa shape index (κ3) is 6.51. The number of phenolic OH excluding ortho intramolecular Hbond substituents is 1. The minimum Gasteiger partial charge on any atom is -0.508 e. The van der Waals surface area contributed by atoms with E-state index in [9.17, 15) is 22.7 Å². The van der Waals surface area contributed by atoms with Crippen LogP contribution in [0.5, 0.6) is 11.8 Å². The van der Waals surface area contributed by atoms with E-state index in [1.165, 1.54) is 29.3 Å². The summed E-state index contributed by atoms with van der Waals surface area (Å²) in [6.45, 7) is -0.203. The van der Waals surface area contributed by atoms with Gasteiger partial charge in [0.05, 0.1) is 41.9 Å². The molecule has 2 bridgehead atoms. The molecule has 4 saturated heterocycles. The van der Waals surface area contributed by atoms with Crippen molar-refractivity contribution in [3.63, 3.8) is 0 Å². The zero-order chi connectivity index (χ0) is 39.9. The number of aromatic nitrogens is 5. The Morgan fingerprint density at radius 3 is 2.54 bits per heavy atom. The molecule has 11 nitrogen and oxygen atoms in total. The van der Waals surface area contributed by atoms with Gasteiger partial charge >= 0.3 is 12.2 Å². The number of pyridine rings is 1. The number of hydrogen-bond donors (Lipinski definition) is 2. The average molecular weight is 795 g/mol. The molecule has 18 heteroatoms. The highest BCUT2D eigenvalue weighted by Gasteiger charge is 2.55. The summed E-state index contributed by atoms with van der Waals surface area (Å²) >= 11 is 0. The van der Waals surface area contributed by atoms with Crippen LogP contribution in [0, 0.1) is 24.0 Å². The Morgan fingerprint density at radius 1 is 1.00 bits per heavy atom. The number of hydrogen-bond acceptors (Lipinski definition) is 11. The van der Waals surface area contributed by atoms with Crippen LogP contribution in [0.1, 0.15) is 55.5 Å². The molecule has 3 aromatic heterocycles. The SMILES string of the molecule is C#Cc1c(F)ccc2cc(O)cc(-c3ncc4c(N5CC6(F)CCC(F)(C5)N6)nc(OC[C@@]56CCCN5[C@H](OCc5cc(C(F)(F)F)ncn5)CC6)nc4c3F)c12. The lowest BCUT2D eigenvalue weighted by Crippen LogP contribution is -2.62. The molecular formula is C39H33F7N8O3. The van der Waals surface area contributed by atoms with Crippen molar-refractivity contribution in [2.75, 3.05) is 31.1 Å². The second-order valence-electron chi connectivity index (χ2n) is 15.1. The monoisotopic (exact) mass is 794 g/mol. The van der Waals surface area contributed by atoms with Crippen molar-refractivity contribution in [2.24, 2.45) is 0 Å². The molecule has 4 atom stereocenters. The molecule has 5 aromatic rings. The highest BCUT2D eigenvalue weighted by molar-refractivity contribution is 6.03. The number of phenols is 1. The van der Waals surface area contributed by atoms with Crippen LogP contribution in [0.4, 0.5) is 36.6 Å². The Morgan fingerprint density at radius 2 is 1.79 bits per heavy atom. The first-order valence-electron chi connectivity index (χ1n) is 18.3. The van der Waals surface area contributed by atoms with Gasteiger partial charge in [-0.2, -0.15) is 23.1 Å². The van der Waals surface area contributed by atoms with Gasteiger partial charge < -0.3 is 19.5 Å². The topological polar surface area (TPSA) is 122 Å². The van der Waals surface area contributed by atoms with E-state index in [1.807, 2.05) is 0 Å². The van der Waals surface area contributed by atoms with Crippen LogP contribution in [0.3, 0.4) is 0 Å². The number of nitrogens with zero attached hydrogens (tertiary/aromatic N) is 7. The molecule has 2 aromatic carbocycles. The Bertz CT molecular complexity index is 2470. The first kappa shape index (κ1) is 37.2. The van der Waals surface area contributed by atoms with E-state index in [1.54, 1.807) is 0 Å². The van der Waals surface area contributed by atoms with Crippen LogP contribution in [-0.2, 0) is 17.5 Å². The highest BCUT2D eigenvalue weighted by atomic mass is 19.4. The molecule has 2 unspecified atom stereocenters. The van der Waals surface area contributed by atoms with E-state index in [0.29, 0.717) is 31.2 Å². The van der Waals surface area contributed by atoms with E-state index >= 15 is 13.2 Å². The van der Waals surface area contributed by atoms with E-state index < -0.39 is 46.9 Å². The normalized spacial score (nSPS) is 26.0. The molecule has 4 aliphatic rings. The van der Waals surface area contributed by atoms with Crippen LogP contribution in [0.25, 0.3) is 32.9 Å². The van der Waals surface area contributed by atoms with Crippen molar-refractivity contribution in [2.45, 2.75) is 74.7 Å². The van der Waals surface area contributed by atoms with Crippen LogP contribution >= 0.6 is 0 Å². The molecule has 0 spiro atoms. The van der Waals surface area contributed by atoms with Crippen molar-refractivity contribution in [1.82, 2.24) is 35.1 Å². The second-order valence-corrected chi connectivity index (χ2v) is 15.1. The standard InChI is InChI=1S/C39H33F7N8O3/c1-2-24-27(40)5-4-21-12-23(55)14-25(30(21)24)32-31(41)33-26(15-47-32)34(53-17-37(42)9-10-38(43,18-53)52-37)51-35(50-33)57-19-36-7-3-11-54(36)29(6-8-36)56-16-22-13-28(39(44,45)46)49-20-48-22/h1,4-5,12-15,20,29,52,55H,3,6-11,16-19H2/t29-,36+,37?,38?/m1/s1. The zero-order valence-corrected chi connectivity index (χ0v) is 30.0. The molecule has 4 fully saturated rings. The van der Waals surface area contributed by atoms with Gasteiger partial charge in [0, 0.05) is 36.5 Å². The molecule has 2 N–H and O–H groups in total. The number of piperazine rings is 1. The van der Waals surface area contributed by atoms with Gasteiger partial charge in [-0.3, -0.25) is 9.88 Å². The summed E-state index contributed by atoms with van der Waals surface area (Å²) in [5.74, 6) is -3.90. The second kappa shape index (κ2) is 13.4. The van der Waals surface area contributed by atoms with E-state index in [-0.39, 0.29) is 95.5 Å². The van der Waals surface area contributed by atoms with Crippen molar-refractivity contribution in [1.29, 1.82) is 0 Å². The molecule has 7 heterocycles. The molecule has 4 aliphatic heterocycles. The van der Waals surface area contributed by atoms with Gasteiger partial charge in [0.1, 0.15) is 53.5 Å². The maximum absolute atomic E-state index is 17.0. The van der Waals surface area contributed by atoms with Crippen molar-refractivity contribution in [3.05, 3.63) is 71.4 Å². The fourth-order valence-corrected chi connectivity index (χ4v) is 8.88. The summed E-state index contributed by atoms with van der Waals surface area (Å²) in [6, 6.07) is 5.65. The molecule has 0 radical (unpaired) electrons. The number of anilines is 1. The van der Waals surface area contributed by atoms with Crippen LogP contribution in [0.2, 0.25) is 0 Å². The molecule has 0 aliphatic carbocycles. The number of alkyl halides is 5. The lowest BCUT2D eigenvalue weighted by atomic mass is 9.95. The highest BCUT2D eigenvalue weighted by Crippen LogP contribution is 2.45. The van der Waals surface area contributed by atoms with E-state index in [0.717, 1.165) is 24.9 Å². The van der Waals surface area contributed by atoms with Crippen molar-refractivity contribution >= 4 is 27.5 Å². The van der Waals surface area contributed by atoms with Gasteiger partial charge in [-0.05, 0) is 55.3 Å². The number of aromatic hydroxyl groups is 1. The van der Waals surface area contributed by atoms with Gasteiger partial charge in [-0.25, -0.2) is 32.8 Å². The maximum atomic E-state index is 17.0. The van der Waals surface area contributed by atoms with Crippen molar-refractivity contribution < 1.29 is 45.3 Å². The number of ether oxygens (including phenoxy) is 2. The Balaban J connectivity index is 1.07. The minimum absolute atomic E-state index is 0.00670. The first-order chi connectivity index (χ1) is 27.2. The van der Waals surface area contributed by atoms with E-state index in [4.69, 9.17) is 15.9 Å². The number of benzene rings is 2. The van der Waals surface area contributed by atoms with Gasteiger partial charge in [-0.1, -0.05) is 12.0 Å². The molecule has 57 heavy (non-hydrogen) atoms. The number of rotatable bonds is 8. The number of halogens is 7. The fourth-order valence-electron chi connectivity index (χ4n) is 8.88. The number of terminal acetylenes is 1. The first-order valence-corrected chi connectivity index (χ1v) is 18.3. The summed E-state index contributed by atoms with van der Waals surface area (Å²) < 4.78 is 115. The third-order valence-corrected chi connectivity index (χ3v) is 11.4. The third-order valence-electron chi connectivity index (χ3n) is 11.4. The average Bonchev–Trinajstić information content (AvgIpc) is 3.81. The minimum atomic E-state index is -4.63. The lowest BCUT2D eigenvalue weighted by Gasteiger charge is -2.40. The van der Waals surface area contributed by atoms with Crippen LogP contribution < -0.4 is 15.0 Å². The van der Waals surface area contributed by atoms with Crippen LogP contribution in [-0.4, -0.2) is 84.5 Å². The Labute approximate surface area is 320 Å². The van der Waals surface area contributed by atoms with Crippen molar-refractivity contribution in [3.8, 4) is 35.4 Å². The zero-order valence-electron chi connectivity index (χ0n) is 30.0. The summed E-state index contributed by atoms with van der Waals surface area (Å²) in [4.78, 5) is 24.1. The Hall–Kier alpha value is -5.38. The fraction of sp³-hybridized carbons (Fsp3) is 0.410. The number of fused-ring (bicyclic) bond motifs is 5. The maximum Gasteiger partial charge on any atom is 0.433 e. The summed E-state index contributed by atoms with van der Waals surface area (Å²) in [5, 5.41) is 13.5. The molecule has 0 amide bonds. The molecule has 9 rings (SSSR count). The van der Waals surface area contributed by atoms with Gasteiger partial charge in [0.25, 0.3) is 0 Å². The predicted molar refractivity (Wildman–Crippen MR) is 191 cm³/mol. The van der Waals surface area contributed by atoms with Gasteiger partial charge in [0.15, 0.2) is 17.4 Å². The summed E-state index contributed by atoms with van der Waals surface area (Å²) in [7, 11) is 0. The smallest absolute Gasteiger partial charge is 0.433 e. The lowest BCUT2D eigenvalue weighted by molar-refractivity contribution is -0.141. The molecular weight excluding hydrogens is 761 g/mol. The largest absolute Gasteiger partial charge is 0.508 e. The quantitative estimate of drug-likeness (QED) is 0.0992. The summed E-state index contributed by atoms with van der Waals surface area (Å²) in [6.07, 6.45) is 5.03.